The Hall–Kier alpha value is -1.34. The van der Waals surface area contributed by atoms with Crippen LogP contribution in [-0.2, 0) is 0 Å². The zero-order chi connectivity index (χ0) is 12.4. The van der Waals surface area contributed by atoms with Gasteiger partial charge in [-0.15, -0.1) is 11.6 Å². The van der Waals surface area contributed by atoms with Crippen molar-refractivity contribution in [3.8, 4) is 0 Å². The van der Waals surface area contributed by atoms with E-state index in [1.54, 1.807) is 13.8 Å². The molecule has 1 atom stereocenters. The lowest BCUT2D eigenvalue weighted by molar-refractivity contribution is 0.608. The summed E-state index contributed by atoms with van der Waals surface area (Å²) in [6.07, 6.45) is 0. The topological polar surface area (TPSA) is 0 Å². The molecule has 0 aliphatic heterocycles. The minimum absolute atomic E-state index is 0.148. The van der Waals surface area contributed by atoms with E-state index in [-0.39, 0.29) is 11.2 Å². The maximum atomic E-state index is 13.5. The second kappa shape index (κ2) is 4.89. The molecule has 0 nitrogen and oxygen atoms in total. The first-order valence-corrected chi connectivity index (χ1v) is 5.99. The lowest BCUT2D eigenvalue weighted by Gasteiger charge is -2.13. The normalized spacial score (nSPS) is 12.5. The van der Waals surface area contributed by atoms with Crippen molar-refractivity contribution in [2.24, 2.45) is 0 Å². The third-order valence-electron chi connectivity index (χ3n) is 2.84. The van der Waals surface area contributed by atoms with Crippen LogP contribution in [0.25, 0.3) is 0 Å². The SMILES string of the molecule is Cc1cc(C(Cl)c2ccccc2)cc(C)c1F. The second-order valence-corrected chi connectivity index (χ2v) is 4.68. The molecule has 2 heteroatoms. The maximum absolute atomic E-state index is 13.5. The van der Waals surface area contributed by atoms with E-state index in [0.29, 0.717) is 11.1 Å². The molecular formula is C15H14ClF. The number of halogens is 2. The van der Waals surface area contributed by atoms with Gasteiger partial charge in [0.1, 0.15) is 5.82 Å². The van der Waals surface area contributed by atoms with Crippen LogP contribution in [0.2, 0.25) is 0 Å². The van der Waals surface area contributed by atoms with Gasteiger partial charge in [0.05, 0.1) is 5.38 Å². The molecule has 0 radical (unpaired) electrons. The Kier molecular flexibility index (Phi) is 3.49. The first-order valence-electron chi connectivity index (χ1n) is 5.55. The lowest BCUT2D eigenvalue weighted by Crippen LogP contribution is -1.97. The van der Waals surface area contributed by atoms with E-state index in [1.807, 2.05) is 42.5 Å². The standard InChI is InChI=1S/C15H14ClF/c1-10-8-13(9-11(2)15(10)17)14(16)12-6-4-3-5-7-12/h3-9,14H,1-2H3. The maximum Gasteiger partial charge on any atom is 0.129 e. The van der Waals surface area contributed by atoms with E-state index in [2.05, 4.69) is 0 Å². The van der Waals surface area contributed by atoms with Crippen LogP contribution in [0, 0.1) is 19.7 Å². The molecule has 0 heterocycles. The number of hydrogen-bond donors (Lipinski definition) is 0. The van der Waals surface area contributed by atoms with Gasteiger partial charge in [-0.1, -0.05) is 42.5 Å². The summed E-state index contributed by atoms with van der Waals surface area (Å²) in [5, 5.41) is -0.228. The molecule has 0 fully saturated rings. The first-order chi connectivity index (χ1) is 8.09. The molecule has 0 saturated carbocycles. The summed E-state index contributed by atoms with van der Waals surface area (Å²) in [5.41, 5.74) is 3.25. The van der Waals surface area contributed by atoms with Crippen LogP contribution >= 0.6 is 11.6 Å². The fourth-order valence-corrected chi connectivity index (χ4v) is 2.21. The van der Waals surface area contributed by atoms with Gasteiger partial charge in [-0.3, -0.25) is 0 Å². The summed E-state index contributed by atoms with van der Waals surface area (Å²) in [6.45, 7) is 3.53. The Morgan fingerprint density at radius 1 is 0.941 bits per heavy atom. The highest BCUT2D eigenvalue weighted by Crippen LogP contribution is 2.30. The van der Waals surface area contributed by atoms with Crippen LogP contribution in [0.5, 0.6) is 0 Å². The molecule has 2 aromatic rings. The van der Waals surface area contributed by atoms with Gasteiger partial charge in [0.25, 0.3) is 0 Å². The van der Waals surface area contributed by atoms with E-state index in [4.69, 9.17) is 11.6 Å². The Labute approximate surface area is 106 Å². The minimum Gasteiger partial charge on any atom is -0.206 e. The zero-order valence-corrected chi connectivity index (χ0v) is 10.6. The summed E-state index contributed by atoms with van der Waals surface area (Å²) in [6, 6.07) is 13.4. The molecule has 0 aliphatic carbocycles. The lowest BCUT2D eigenvalue weighted by atomic mass is 10.00. The van der Waals surface area contributed by atoms with Crippen molar-refractivity contribution in [3.63, 3.8) is 0 Å². The number of alkyl halides is 1. The fraction of sp³-hybridized carbons (Fsp3) is 0.200. The average Bonchev–Trinajstić information content (AvgIpc) is 2.35. The number of rotatable bonds is 2. The monoisotopic (exact) mass is 248 g/mol. The van der Waals surface area contributed by atoms with Gasteiger partial charge in [0, 0.05) is 0 Å². The number of benzene rings is 2. The molecule has 0 bridgehead atoms. The molecular weight excluding hydrogens is 235 g/mol. The van der Waals surface area contributed by atoms with Gasteiger partial charge in [0.15, 0.2) is 0 Å². The molecule has 1 unspecified atom stereocenters. The van der Waals surface area contributed by atoms with E-state index >= 15 is 0 Å². The Morgan fingerprint density at radius 3 is 2.00 bits per heavy atom. The molecule has 0 amide bonds. The van der Waals surface area contributed by atoms with Crippen molar-refractivity contribution in [1.29, 1.82) is 0 Å². The predicted molar refractivity (Wildman–Crippen MR) is 70.0 cm³/mol. The van der Waals surface area contributed by atoms with E-state index in [0.717, 1.165) is 11.1 Å². The van der Waals surface area contributed by atoms with Gasteiger partial charge in [0.2, 0.25) is 0 Å². The van der Waals surface area contributed by atoms with E-state index in [9.17, 15) is 4.39 Å². The first kappa shape index (κ1) is 12.1. The van der Waals surface area contributed by atoms with Crippen molar-refractivity contribution < 1.29 is 4.39 Å². The van der Waals surface area contributed by atoms with Gasteiger partial charge in [-0.25, -0.2) is 4.39 Å². The summed E-state index contributed by atoms with van der Waals surface area (Å²) in [7, 11) is 0. The van der Waals surface area contributed by atoms with Crippen molar-refractivity contribution in [2.75, 3.05) is 0 Å². The van der Waals surface area contributed by atoms with Crippen LogP contribution < -0.4 is 0 Å². The molecule has 0 spiro atoms. The highest BCUT2D eigenvalue weighted by atomic mass is 35.5. The Bertz CT molecular complexity index is 497. The highest BCUT2D eigenvalue weighted by Gasteiger charge is 2.13. The third kappa shape index (κ3) is 2.50. The third-order valence-corrected chi connectivity index (χ3v) is 3.35. The second-order valence-electron chi connectivity index (χ2n) is 4.24. The minimum atomic E-state index is -0.228. The zero-order valence-electron chi connectivity index (χ0n) is 9.87. The summed E-state index contributed by atoms with van der Waals surface area (Å²) >= 11 is 6.41. The molecule has 2 rings (SSSR count). The van der Waals surface area contributed by atoms with Crippen LogP contribution in [-0.4, -0.2) is 0 Å². The molecule has 0 N–H and O–H groups in total. The van der Waals surface area contributed by atoms with E-state index < -0.39 is 0 Å². The number of hydrogen-bond acceptors (Lipinski definition) is 0. The largest absolute Gasteiger partial charge is 0.206 e. The van der Waals surface area contributed by atoms with Gasteiger partial charge < -0.3 is 0 Å². The van der Waals surface area contributed by atoms with Gasteiger partial charge in [-0.2, -0.15) is 0 Å². The van der Waals surface area contributed by atoms with Gasteiger partial charge >= 0.3 is 0 Å². The molecule has 88 valence electrons. The van der Waals surface area contributed by atoms with Crippen LogP contribution in [0.1, 0.15) is 27.6 Å². The summed E-state index contributed by atoms with van der Waals surface area (Å²) in [5.74, 6) is -0.148. The van der Waals surface area contributed by atoms with Crippen molar-refractivity contribution >= 4 is 11.6 Å². The molecule has 0 saturated heterocycles. The average molecular weight is 249 g/mol. The van der Waals surface area contributed by atoms with Crippen molar-refractivity contribution in [3.05, 3.63) is 70.5 Å². The molecule has 2 aromatic carbocycles. The molecule has 17 heavy (non-hydrogen) atoms. The highest BCUT2D eigenvalue weighted by molar-refractivity contribution is 6.22. The Morgan fingerprint density at radius 2 is 1.47 bits per heavy atom. The molecule has 0 aromatic heterocycles. The van der Waals surface area contributed by atoms with E-state index in [1.165, 1.54) is 0 Å². The van der Waals surface area contributed by atoms with Crippen LogP contribution in [0.15, 0.2) is 42.5 Å². The Balaban J connectivity index is 2.41. The van der Waals surface area contributed by atoms with Crippen LogP contribution in [0.3, 0.4) is 0 Å². The van der Waals surface area contributed by atoms with Crippen molar-refractivity contribution in [2.45, 2.75) is 19.2 Å². The van der Waals surface area contributed by atoms with Crippen molar-refractivity contribution in [1.82, 2.24) is 0 Å². The number of aryl methyl sites for hydroxylation is 2. The van der Waals surface area contributed by atoms with Crippen LogP contribution in [0.4, 0.5) is 4.39 Å². The van der Waals surface area contributed by atoms with Gasteiger partial charge in [-0.05, 0) is 36.1 Å². The summed E-state index contributed by atoms with van der Waals surface area (Å²) in [4.78, 5) is 0. The predicted octanol–water partition coefficient (Wildman–Crippen LogP) is 4.77. The smallest absolute Gasteiger partial charge is 0.129 e. The fourth-order valence-electron chi connectivity index (χ4n) is 1.94. The summed E-state index contributed by atoms with van der Waals surface area (Å²) < 4.78 is 13.5. The molecule has 0 aliphatic rings. The quantitative estimate of drug-likeness (QED) is 0.672.